The molecule has 304 valence electrons. The number of alkyl carbamates (subject to hydrolysis) is 1. The molecule has 1 amide bonds. The van der Waals surface area contributed by atoms with Crippen molar-refractivity contribution in [2.75, 3.05) is 145 Å². The van der Waals surface area contributed by atoms with E-state index in [0.717, 1.165) is 5.56 Å². The van der Waals surface area contributed by atoms with Crippen LogP contribution in [-0.2, 0) is 68.2 Å². The van der Waals surface area contributed by atoms with Crippen LogP contribution in [0.5, 0.6) is 0 Å². The van der Waals surface area contributed by atoms with Gasteiger partial charge in [0.05, 0.1) is 132 Å². The van der Waals surface area contributed by atoms with E-state index in [1.54, 1.807) is 30.3 Å². The molecule has 54 heavy (non-hydrogen) atoms. The number of amides is 1. The Morgan fingerprint density at radius 2 is 0.722 bits per heavy atom. The topological polar surface area (TPSA) is 174 Å². The zero-order valence-corrected chi connectivity index (χ0v) is 31.2. The van der Waals surface area contributed by atoms with Gasteiger partial charge in [-0.05, 0) is 5.56 Å². The molecule has 16 heteroatoms. The molecule has 2 aromatic carbocycles. The molecule has 0 saturated carbocycles. The largest absolute Gasteiger partial charge is 0.457 e. The minimum Gasteiger partial charge on any atom is -0.457 e. The minimum atomic E-state index is -0.902. The molecule has 0 heterocycles. The van der Waals surface area contributed by atoms with E-state index in [4.69, 9.17) is 56.8 Å². The molecule has 0 aromatic heterocycles. The summed E-state index contributed by atoms with van der Waals surface area (Å²) in [6.45, 7) is 9.07. The van der Waals surface area contributed by atoms with Crippen LogP contribution in [0, 0.1) is 0 Å². The number of nitrogens with one attached hydrogen (secondary N) is 1. The summed E-state index contributed by atoms with van der Waals surface area (Å²) in [4.78, 5) is 35.3. The van der Waals surface area contributed by atoms with Gasteiger partial charge in [-0.15, -0.1) is 0 Å². The quantitative estimate of drug-likeness (QED) is 0.0460. The number of benzene rings is 2. The summed E-state index contributed by atoms with van der Waals surface area (Å²) in [6, 6.07) is 17.7. The fourth-order valence-corrected chi connectivity index (χ4v) is 4.05. The monoisotopic (exact) mass is 767 g/mol. The van der Waals surface area contributed by atoms with Gasteiger partial charge in [0.15, 0.2) is 0 Å². The zero-order valence-electron chi connectivity index (χ0n) is 31.2. The van der Waals surface area contributed by atoms with Gasteiger partial charge in [0, 0.05) is 12.1 Å². The van der Waals surface area contributed by atoms with E-state index in [1.165, 1.54) is 0 Å². The van der Waals surface area contributed by atoms with E-state index in [1.807, 2.05) is 30.3 Å². The molecule has 0 unspecified atom stereocenters. The number of hydrogen-bond donors (Lipinski definition) is 1. The predicted molar refractivity (Wildman–Crippen MR) is 195 cm³/mol. The second-order valence-corrected chi connectivity index (χ2v) is 10.9. The number of rotatable bonds is 37. The summed E-state index contributed by atoms with van der Waals surface area (Å²) >= 11 is 0. The first kappa shape index (κ1) is 46.6. The number of Topliss-reactive ketones (excluding diaryl/α,β-unsaturated/α-hetero) is 1. The normalized spacial score (nSPS) is 11.0. The molecule has 0 saturated heterocycles. The van der Waals surface area contributed by atoms with Gasteiger partial charge < -0.3 is 62.2 Å². The standard InChI is InChI=1S/C38H57NO15/c40-36(35-9-5-2-6-10-35)37(41)53-32-31-52-30-29-51-28-27-50-26-25-49-24-23-48-22-21-47-20-19-46-18-17-45-16-15-44-14-13-43-12-11-39-38(42)54-33-34-7-3-1-4-8-34/h1-10H,11-33H2,(H,39,42). The summed E-state index contributed by atoms with van der Waals surface area (Å²) in [5.74, 6) is -1.58. The SMILES string of the molecule is O=C(NCCOCCOCCOCCOCCOCCOCCOCCOCCOCCOCCOC(=O)C(=O)c1ccccc1)OCc1ccccc1. The summed E-state index contributed by atoms with van der Waals surface area (Å²) in [5, 5.41) is 2.64. The molecule has 0 atom stereocenters. The van der Waals surface area contributed by atoms with Crippen LogP contribution in [0.15, 0.2) is 60.7 Å². The van der Waals surface area contributed by atoms with Crippen LogP contribution < -0.4 is 5.32 Å². The Morgan fingerprint density at radius 1 is 0.389 bits per heavy atom. The van der Waals surface area contributed by atoms with Crippen LogP contribution in [0.2, 0.25) is 0 Å². The van der Waals surface area contributed by atoms with Gasteiger partial charge in [0.1, 0.15) is 13.2 Å². The minimum absolute atomic E-state index is 0.00871. The predicted octanol–water partition coefficient (Wildman–Crippen LogP) is 2.50. The van der Waals surface area contributed by atoms with Crippen LogP contribution in [0.4, 0.5) is 4.79 Å². The maximum absolute atomic E-state index is 11.9. The van der Waals surface area contributed by atoms with E-state index in [2.05, 4.69) is 5.32 Å². The maximum Gasteiger partial charge on any atom is 0.407 e. The zero-order chi connectivity index (χ0) is 38.4. The highest BCUT2D eigenvalue weighted by Crippen LogP contribution is 2.02. The molecule has 0 aliphatic rings. The number of hydrogen-bond acceptors (Lipinski definition) is 15. The van der Waals surface area contributed by atoms with Crippen molar-refractivity contribution >= 4 is 17.8 Å². The van der Waals surface area contributed by atoms with Crippen molar-refractivity contribution in [3.05, 3.63) is 71.8 Å². The highest BCUT2D eigenvalue weighted by Gasteiger charge is 2.17. The first-order valence-electron chi connectivity index (χ1n) is 18.1. The third-order valence-corrected chi connectivity index (χ3v) is 6.76. The summed E-state index contributed by atoms with van der Waals surface area (Å²) in [5.41, 5.74) is 1.22. The Morgan fingerprint density at radius 3 is 1.11 bits per heavy atom. The number of ether oxygens (including phenoxy) is 12. The van der Waals surface area contributed by atoms with E-state index >= 15 is 0 Å². The highest BCUT2D eigenvalue weighted by atomic mass is 16.6. The van der Waals surface area contributed by atoms with Crippen molar-refractivity contribution in [2.45, 2.75) is 6.61 Å². The molecule has 1 N–H and O–H groups in total. The summed E-state index contributed by atoms with van der Waals surface area (Å²) in [6.07, 6.45) is -0.477. The lowest BCUT2D eigenvalue weighted by Crippen LogP contribution is -2.28. The third kappa shape index (κ3) is 28.0. The Bertz CT molecular complexity index is 1180. The Hall–Kier alpha value is -3.55. The molecule has 0 radical (unpaired) electrons. The van der Waals surface area contributed by atoms with E-state index in [9.17, 15) is 14.4 Å². The average molecular weight is 768 g/mol. The van der Waals surface area contributed by atoms with Crippen molar-refractivity contribution in [3.63, 3.8) is 0 Å². The second-order valence-electron chi connectivity index (χ2n) is 10.9. The maximum atomic E-state index is 11.9. The Kier molecular flexibility index (Phi) is 30.4. The summed E-state index contributed by atoms with van der Waals surface area (Å²) in [7, 11) is 0. The van der Waals surface area contributed by atoms with Crippen LogP contribution in [0.1, 0.15) is 15.9 Å². The van der Waals surface area contributed by atoms with Gasteiger partial charge >= 0.3 is 12.1 Å². The molecule has 0 aliphatic carbocycles. The Balaban J connectivity index is 1.16. The molecule has 0 fully saturated rings. The molecule has 0 spiro atoms. The van der Waals surface area contributed by atoms with Crippen LogP contribution in [-0.4, -0.2) is 163 Å². The van der Waals surface area contributed by atoms with Crippen molar-refractivity contribution in [1.29, 1.82) is 0 Å². The first-order valence-corrected chi connectivity index (χ1v) is 18.1. The molecule has 16 nitrogen and oxygen atoms in total. The lowest BCUT2D eigenvalue weighted by molar-refractivity contribution is -0.139. The van der Waals surface area contributed by atoms with Crippen LogP contribution in [0.3, 0.4) is 0 Å². The fraction of sp³-hybridized carbons (Fsp3) is 0.605. The van der Waals surface area contributed by atoms with Crippen molar-refractivity contribution in [2.24, 2.45) is 0 Å². The number of carbonyl (C=O) groups is 3. The number of carbonyl (C=O) groups excluding carboxylic acids is 3. The van der Waals surface area contributed by atoms with Gasteiger partial charge in [-0.2, -0.15) is 0 Å². The number of ketones is 1. The highest BCUT2D eigenvalue weighted by molar-refractivity contribution is 6.40. The third-order valence-electron chi connectivity index (χ3n) is 6.76. The Labute approximate surface area is 317 Å². The molecule has 0 bridgehead atoms. The average Bonchev–Trinajstić information content (AvgIpc) is 3.20. The molecular weight excluding hydrogens is 710 g/mol. The first-order chi connectivity index (χ1) is 26.7. The van der Waals surface area contributed by atoms with E-state index in [-0.39, 0.29) is 19.8 Å². The fourth-order valence-electron chi connectivity index (χ4n) is 4.05. The van der Waals surface area contributed by atoms with Gasteiger partial charge in [0.2, 0.25) is 0 Å². The second kappa shape index (κ2) is 35.2. The number of esters is 1. The van der Waals surface area contributed by atoms with Crippen LogP contribution >= 0.6 is 0 Å². The molecule has 0 aliphatic heterocycles. The van der Waals surface area contributed by atoms with Gasteiger partial charge in [-0.25, -0.2) is 9.59 Å². The van der Waals surface area contributed by atoms with E-state index in [0.29, 0.717) is 138 Å². The van der Waals surface area contributed by atoms with Gasteiger partial charge in [-0.3, -0.25) is 4.79 Å². The van der Waals surface area contributed by atoms with Gasteiger partial charge in [-0.1, -0.05) is 60.7 Å². The molecule has 2 rings (SSSR count). The van der Waals surface area contributed by atoms with Crippen molar-refractivity contribution in [1.82, 2.24) is 5.32 Å². The molecular formula is C38H57NO15. The lowest BCUT2D eigenvalue weighted by atomic mass is 10.1. The van der Waals surface area contributed by atoms with Gasteiger partial charge in [0.25, 0.3) is 5.78 Å². The summed E-state index contributed by atoms with van der Waals surface area (Å²) < 4.78 is 64.4. The van der Waals surface area contributed by atoms with Crippen LogP contribution in [0.25, 0.3) is 0 Å². The van der Waals surface area contributed by atoms with E-state index < -0.39 is 17.8 Å². The molecule has 2 aromatic rings. The van der Waals surface area contributed by atoms with Crippen molar-refractivity contribution < 1.29 is 71.2 Å². The van der Waals surface area contributed by atoms with Crippen molar-refractivity contribution in [3.8, 4) is 0 Å². The lowest BCUT2D eigenvalue weighted by Gasteiger charge is -2.09. The smallest absolute Gasteiger partial charge is 0.407 e.